The second kappa shape index (κ2) is 9.17. The number of nitrogens with zero attached hydrogens (tertiary/aromatic N) is 1. The summed E-state index contributed by atoms with van der Waals surface area (Å²) >= 11 is 0. The van der Waals surface area contributed by atoms with Crippen LogP contribution in [0.5, 0.6) is 0 Å². The largest absolute Gasteiger partial charge is 0.452 e. The second-order valence-corrected chi connectivity index (χ2v) is 6.81. The molecule has 0 saturated heterocycles. The van der Waals surface area contributed by atoms with Crippen molar-refractivity contribution in [1.29, 1.82) is 0 Å². The van der Waals surface area contributed by atoms with E-state index in [9.17, 15) is 14.4 Å². The molecule has 0 radical (unpaired) electrons. The van der Waals surface area contributed by atoms with Crippen LogP contribution in [-0.4, -0.2) is 29.4 Å². The van der Waals surface area contributed by atoms with E-state index in [-0.39, 0.29) is 5.91 Å². The van der Waals surface area contributed by atoms with E-state index in [0.29, 0.717) is 29.1 Å². The highest BCUT2D eigenvalue weighted by molar-refractivity contribution is 6.00. The molecule has 0 unspecified atom stereocenters. The van der Waals surface area contributed by atoms with Gasteiger partial charge in [0.25, 0.3) is 5.91 Å². The normalized spacial score (nSPS) is 10.5. The number of nitrogens with one attached hydrogen (secondary N) is 2. The molecule has 1 heterocycles. The van der Waals surface area contributed by atoms with Crippen molar-refractivity contribution >= 4 is 40.1 Å². The topological polar surface area (TPSA) is 97.4 Å². The summed E-state index contributed by atoms with van der Waals surface area (Å²) in [5.41, 5.74) is 3.82. The third-order valence-electron chi connectivity index (χ3n) is 4.59. The van der Waals surface area contributed by atoms with Crippen LogP contribution in [0.2, 0.25) is 0 Å². The molecule has 3 aromatic rings. The molecule has 2 amide bonds. The van der Waals surface area contributed by atoms with Crippen molar-refractivity contribution in [3.63, 3.8) is 0 Å². The number of rotatable bonds is 6. The number of aryl methyl sites for hydroxylation is 2. The fraction of sp³-hybridized carbons (Fsp3) is 0.217. The van der Waals surface area contributed by atoms with E-state index in [1.807, 2.05) is 38.1 Å². The zero-order valence-electron chi connectivity index (χ0n) is 17.1. The van der Waals surface area contributed by atoms with E-state index in [2.05, 4.69) is 15.6 Å². The van der Waals surface area contributed by atoms with Gasteiger partial charge < -0.3 is 15.4 Å². The smallest absolute Gasteiger partial charge is 0.340 e. The van der Waals surface area contributed by atoms with Crippen molar-refractivity contribution < 1.29 is 19.1 Å². The Bertz CT molecular complexity index is 1110. The van der Waals surface area contributed by atoms with E-state index in [1.165, 1.54) is 6.92 Å². The zero-order valence-corrected chi connectivity index (χ0v) is 17.1. The van der Waals surface area contributed by atoms with Crippen molar-refractivity contribution in [2.75, 3.05) is 17.2 Å². The number of anilines is 2. The van der Waals surface area contributed by atoms with Gasteiger partial charge in [-0.3, -0.25) is 14.6 Å². The van der Waals surface area contributed by atoms with Gasteiger partial charge >= 0.3 is 5.97 Å². The number of hydrogen-bond acceptors (Lipinski definition) is 5. The maximum Gasteiger partial charge on any atom is 0.340 e. The third-order valence-corrected chi connectivity index (χ3v) is 4.59. The van der Waals surface area contributed by atoms with Crippen molar-refractivity contribution in [3.8, 4) is 0 Å². The van der Waals surface area contributed by atoms with E-state index < -0.39 is 18.5 Å². The number of aromatic nitrogens is 1. The molecule has 30 heavy (non-hydrogen) atoms. The lowest BCUT2D eigenvalue weighted by molar-refractivity contribution is -0.119. The summed E-state index contributed by atoms with van der Waals surface area (Å²) in [6.45, 7) is 4.78. The quantitative estimate of drug-likeness (QED) is 0.607. The van der Waals surface area contributed by atoms with Gasteiger partial charge in [0.2, 0.25) is 5.91 Å². The number of ether oxygens (including phenoxy) is 1. The Morgan fingerprint density at radius 2 is 1.60 bits per heavy atom. The summed E-state index contributed by atoms with van der Waals surface area (Å²) in [5.74, 6) is -1.21. The molecule has 154 valence electrons. The molecule has 0 atom stereocenters. The van der Waals surface area contributed by atoms with Gasteiger partial charge in [0.05, 0.1) is 16.8 Å². The van der Waals surface area contributed by atoms with Crippen molar-refractivity contribution in [2.45, 2.75) is 27.2 Å². The maximum atomic E-state index is 12.7. The SMILES string of the molecule is CCc1nc2ccccc2c(C)c1C(=O)OCC(=O)Nc1ccc(NC(C)=O)cc1. The summed E-state index contributed by atoms with van der Waals surface area (Å²) in [7, 11) is 0. The number of amides is 2. The Labute approximate surface area is 174 Å². The number of benzene rings is 2. The molecule has 2 aromatic carbocycles. The van der Waals surface area contributed by atoms with Crippen LogP contribution in [0.25, 0.3) is 10.9 Å². The second-order valence-electron chi connectivity index (χ2n) is 6.81. The number of carbonyl (C=O) groups excluding carboxylic acids is 3. The molecule has 0 saturated carbocycles. The summed E-state index contributed by atoms with van der Waals surface area (Å²) in [4.78, 5) is 40.5. The first-order valence-electron chi connectivity index (χ1n) is 9.62. The molecule has 3 rings (SSSR count). The standard InChI is InChI=1S/C23H23N3O4/c1-4-19-22(14(2)18-7-5-6-8-20(18)26-19)23(29)30-13-21(28)25-17-11-9-16(10-12-17)24-15(3)27/h5-12H,4,13H2,1-3H3,(H,24,27)(H,25,28). The Kier molecular flexibility index (Phi) is 6.41. The van der Waals surface area contributed by atoms with Gasteiger partial charge in [-0.2, -0.15) is 0 Å². The summed E-state index contributed by atoms with van der Waals surface area (Å²) < 4.78 is 5.26. The van der Waals surface area contributed by atoms with Gasteiger partial charge in [0.15, 0.2) is 6.61 Å². The van der Waals surface area contributed by atoms with Crippen LogP contribution in [0.1, 0.15) is 35.5 Å². The first kappa shape index (κ1) is 21.0. The molecule has 0 aliphatic heterocycles. The van der Waals surface area contributed by atoms with Crippen LogP contribution in [-0.2, 0) is 20.7 Å². The lowest BCUT2D eigenvalue weighted by atomic mass is 10.0. The average Bonchev–Trinajstić information content (AvgIpc) is 2.73. The molecule has 0 spiro atoms. The molecule has 0 fully saturated rings. The molecule has 7 heteroatoms. The highest BCUT2D eigenvalue weighted by Gasteiger charge is 2.20. The minimum absolute atomic E-state index is 0.177. The van der Waals surface area contributed by atoms with Gasteiger partial charge in [-0.1, -0.05) is 25.1 Å². The summed E-state index contributed by atoms with van der Waals surface area (Å²) in [5, 5.41) is 6.18. The Balaban J connectivity index is 1.67. The molecule has 0 aliphatic carbocycles. The number of hydrogen-bond donors (Lipinski definition) is 2. The van der Waals surface area contributed by atoms with Gasteiger partial charge in [-0.25, -0.2) is 4.79 Å². The molecular weight excluding hydrogens is 382 g/mol. The Hall–Kier alpha value is -3.74. The lowest BCUT2D eigenvalue weighted by Gasteiger charge is -2.13. The summed E-state index contributed by atoms with van der Waals surface area (Å²) in [6.07, 6.45) is 0.572. The highest BCUT2D eigenvalue weighted by Crippen LogP contribution is 2.24. The number of para-hydroxylation sites is 1. The summed E-state index contributed by atoms with van der Waals surface area (Å²) in [6, 6.07) is 14.2. The predicted molar refractivity (Wildman–Crippen MR) is 116 cm³/mol. The fourth-order valence-corrected chi connectivity index (χ4v) is 3.21. The van der Waals surface area contributed by atoms with Gasteiger partial charge in [-0.05, 0) is 49.2 Å². The highest BCUT2D eigenvalue weighted by atomic mass is 16.5. The van der Waals surface area contributed by atoms with Crippen molar-refractivity contribution in [1.82, 2.24) is 4.98 Å². The monoisotopic (exact) mass is 405 g/mol. The van der Waals surface area contributed by atoms with E-state index in [4.69, 9.17) is 4.74 Å². The van der Waals surface area contributed by atoms with E-state index in [1.54, 1.807) is 24.3 Å². The maximum absolute atomic E-state index is 12.7. The minimum atomic E-state index is -0.571. The third kappa shape index (κ3) is 4.81. The molecule has 7 nitrogen and oxygen atoms in total. The first-order valence-corrected chi connectivity index (χ1v) is 9.62. The number of carbonyl (C=O) groups is 3. The van der Waals surface area contributed by atoms with E-state index >= 15 is 0 Å². The minimum Gasteiger partial charge on any atom is -0.452 e. The fourth-order valence-electron chi connectivity index (χ4n) is 3.21. The number of esters is 1. The van der Waals surface area contributed by atoms with Crippen LogP contribution in [0.4, 0.5) is 11.4 Å². The van der Waals surface area contributed by atoms with Crippen molar-refractivity contribution in [3.05, 3.63) is 65.4 Å². The molecule has 0 aliphatic rings. The van der Waals surface area contributed by atoms with Crippen LogP contribution in [0.3, 0.4) is 0 Å². The number of pyridine rings is 1. The molecular formula is C23H23N3O4. The van der Waals surface area contributed by atoms with Gasteiger partial charge in [0, 0.05) is 23.7 Å². The predicted octanol–water partition coefficient (Wildman–Crippen LogP) is 3.86. The zero-order chi connectivity index (χ0) is 21.7. The average molecular weight is 405 g/mol. The Morgan fingerprint density at radius 3 is 2.23 bits per heavy atom. The first-order chi connectivity index (χ1) is 14.4. The van der Waals surface area contributed by atoms with Gasteiger partial charge in [0.1, 0.15) is 0 Å². The van der Waals surface area contributed by atoms with Gasteiger partial charge in [-0.15, -0.1) is 0 Å². The molecule has 0 bridgehead atoms. The van der Waals surface area contributed by atoms with Crippen LogP contribution in [0, 0.1) is 6.92 Å². The van der Waals surface area contributed by atoms with Crippen LogP contribution < -0.4 is 10.6 Å². The van der Waals surface area contributed by atoms with Crippen LogP contribution in [0.15, 0.2) is 48.5 Å². The lowest BCUT2D eigenvalue weighted by Crippen LogP contribution is -2.22. The number of fused-ring (bicyclic) bond motifs is 1. The van der Waals surface area contributed by atoms with Crippen molar-refractivity contribution in [2.24, 2.45) is 0 Å². The van der Waals surface area contributed by atoms with Crippen LogP contribution >= 0.6 is 0 Å². The Morgan fingerprint density at radius 1 is 0.967 bits per heavy atom. The van der Waals surface area contributed by atoms with E-state index in [0.717, 1.165) is 16.5 Å². The molecule has 2 N–H and O–H groups in total. The molecule has 1 aromatic heterocycles.